The predicted octanol–water partition coefficient (Wildman–Crippen LogP) is -0.332. The molecule has 0 spiro atoms. The number of methoxy groups -OCH3 is 1. The van der Waals surface area contributed by atoms with Gasteiger partial charge in [-0.3, -0.25) is 0 Å². The first-order valence-corrected chi connectivity index (χ1v) is 7.00. The van der Waals surface area contributed by atoms with Crippen LogP contribution in [0.2, 0.25) is 0 Å². The Hall–Kier alpha value is -1.74. The second-order valence-corrected chi connectivity index (χ2v) is 5.43. The molecular weight excluding hydrogens is 290 g/mol. The first-order valence-electron chi connectivity index (χ1n) is 7.00. The van der Waals surface area contributed by atoms with Gasteiger partial charge in [-0.25, -0.2) is 4.98 Å². The summed E-state index contributed by atoms with van der Waals surface area (Å²) < 4.78 is 12.5. The lowest BCUT2D eigenvalue weighted by atomic mass is 10.1. The maximum absolute atomic E-state index is 10.2. The molecule has 8 heteroatoms. The number of aryl methyl sites for hydroxylation is 2. The Labute approximate surface area is 126 Å². The molecular formula is C14H19N3O5. The number of nitrogens with zero attached hydrogens (tertiary/aromatic N) is 3. The molecule has 120 valence electrons. The minimum Gasteiger partial charge on any atom is -0.480 e. The van der Waals surface area contributed by atoms with Crippen molar-refractivity contribution >= 4 is 11.0 Å². The van der Waals surface area contributed by atoms with Crippen LogP contribution >= 0.6 is 0 Å². The molecule has 1 aliphatic rings. The summed E-state index contributed by atoms with van der Waals surface area (Å²) in [6, 6.07) is 0. The van der Waals surface area contributed by atoms with Gasteiger partial charge in [-0.15, -0.1) is 0 Å². The van der Waals surface area contributed by atoms with Crippen LogP contribution in [-0.4, -0.2) is 61.9 Å². The Bertz CT molecular complexity index is 701. The van der Waals surface area contributed by atoms with Crippen molar-refractivity contribution in [2.24, 2.45) is 0 Å². The Balaban J connectivity index is 2.14. The van der Waals surface area contributed by atoms with E-state index in [1.165, 1.54) is 7.11 Å². The normalized spacial score (nSPS) is 28.5. The number of aliphatic hydroxyl groups excluding tert-OH is 3. The standard InChI is InChI=1S/C14H19N3O5/c1-6-4-17(14-11(20)10(19)8(5-18)22-14)12-9(6)13(21-3)16-7(2)15-12/h4,8,10-11,14,18-20H,5H2,1-3H3/t8-,10-,11-,14-/m1/s1. The van der Waals surface area contributed by atoms with Crippen LogP contribution < -0.4 is 4.74 Å². The average Bonchev–Trinajstić information content (AvgIpc) is 2.97. The van der Waals surface area contributed by atoms with Crippen LogP contribution in [0.25, 0.3) is 11.0 Å². The van der Waals surface area contributed by atoms with Crippen LogP contribution in [0.3, 0.4) is 0 Å². The van der Waals surface area contributed by atoms with E-state index in [1.807, 2.05) is 6.92 Å². The van der Waals surface area contributed by atoms with Gasteiger partial charge >= 0.3 is 0 Å². The molecule has 8 nitrogen and oxygen atoms in total. The zero-order chi connectivity index (χ0) is 16.0. The van der Waals surface area contributed by atoms with Crippen LogP contribution in [0.5, 0.6) is 5.88 Å². The van der Waals surface area contributed by atoms with Crippen molar-refractivity contribution in [3.05, 3.63) is 17.6 Å². The van der Waals surface area contributed by atoms with E-state index in [4.69, 9.17) is 9.47 Å². The molecule has 0 unspecified atom stereocenters. The molecule has 1 saturated heterocycles. The average molecular weight is 309 g/mol. The molecule has 3 N–H and O–H groups in total. The van der Waals surface area contributed by atoms with Gasteiger partial charge in [0.1, 0.15) is 29.8 Å². The fourth-order valence-corrected chi connectivity index (χ4v) is 2.85. The van der Waals surface area contributed by atoms with Gasteiger partial charge in [0.05, 0.1) is 19.1 Å². The van der Waals surface area contributed by atoms with Crippen LogP contribution in [0, 0.1) is 13.8 Å². The maximum atomic E-state index is 10.2. The largest absolute Gasteiger partial charge is 0.480 e. The number of aromatic nitrogens is 3. The van der Waals surface area contributed by atoms with Crippen molar-refractivity contribution < 1.29 is 24.8 Å². The minimum atomic E-state index is -1.16. The summed E-state index contributed by atoms with van der Waals surface area (Å²) in [6.07, 6.45) is -2.21. The summed E-state index contributed by atoms with van der Waals surface area (Å²) in [5.41, 5.74) is 1.42. The molecule has 1 aliphatic heterocycles. The zero-order valence-electron chi connectivity index (χ0n) is 12.6. The van der Waals surface area contributed by atoms with Gasteiger partial charge in [0.15, 0.2) is 6.23 Å². The zero-order valence-corrected chi connectivity index (χ0v) is 12.6. The molecule has 3 rings (SSSR count). The summed E-state index contributed by atoms with van der Waals surface area (Å²) in [5.74, 6) is 0.973. The maximum Gasteiger partial charge on any atom is 0.226 e. The molecule has 0 aromatic carbocycles. The second-order valence-electron chi connectivity index (χ2n) is 5.43. The number of hydrogen-bond acceptors (Lipinski definition) is 7. The molecule has 2 aromatic rings. The lowest BCUT2D eigenvalue weighted by Crippen LogP contribution is -2.33. The number of aliphatic hydroxyl groups is 3. The highest BCUT2D eigenvalue weighted by Gasteiger charge is 2.44. The van der Waals surface area contributed by atoms with Crippen LogP contribution in [0.1, 0.15) is 17.6 Å². The SMILES string of the molecule is COc1nc(C)nc2c1c(C)cn2[C@@H]1O[C@H](CO)[C@@H](O)[C@H]1O. The van der Waals surface area contributed by atoms with E-state index < -0.39 is 24.5 Å². The lowest BCUT2D eigenvalue weighted by molar-refractivity contribution is -0.0509. The first kappa shape index (κ1) is 15.2. The van der Waals surface area contributed by atoms with Gasteiger partial charge in [0.25, 0.3) is 0 Å². The summed E-state index contributed by atoms with van der Waals surface area (Å²) in [6.45, 7) is 3.25. The quantitative estimate of drug-likeness (QED) is 0.712. The van der Waals surface area contributed by atoms with E-state index in [9.17, 15) is 15.3 Å². The molecule has 0 aliphatic carbocycles. The van der Waals surface area contributed by atoms with E-state index in [-0.39, 0.29) is 6.61 Å². The summed E-state index contributed by atoms with van der Waals surface area (Å²) >= 11 is 0. The Morgan fingerprint density at radius 1 is 1.27 bits per heavy atom. The highest BCUT2D eigenvalue weighted by atomic mass is 16.6. The summed E-state index contributed by atoms with van der Waals surface area (Å²) in [4.78, 5) is 8.64. The lowest BCUT2D eigenvalue weighted by Gasteiger charge is -2.17. The van der Waals surface area contributed by atoms with Gasteiger partial charge in [0.2, 0.25) is 5.88 Å². The monoisotopic (exact) mass is 309 g/mol. The van der Waals surface area contributed by atoms with E-state index >= 15 is 0 Å². The third kappa shape index (κ3) is 2.15. The molecule has 0 saturated carbocycles. The fourth-order valence-electron chi connectivity index (χ4n) is 2.85. The number of rotatable bonds is 3. The minimum absolute atomic E-state index is 0.371. The number of fused-ring (bicyclic) bond motifs is 1. The van der Waals surface area contributed by atoms with Gasteiger partial charge in [-0.2, -0.15) is 4.98 Å². The van der Waals surface area contributed by atoms with Crippen molar-refractivity contribution in [3.63, 3.8) is 0 Å². The van der Waals surface area contributed by atoms with Gasteiger partial charge in [-0.05, 0) is 19.4 Å². The van der Waals surface area contributed by atoms with E-state index in [1.54, 1.807) is 17.7 Å². The molecule has 0 radical (unpaired) electrons. The highest BCUT2D eigenvalue weighted by molar-refractivity contribution is 5.85. The third-order valence-corrected chi connectivity index (χ3v) is 3.92. The molecule has 0 bridgehead atoms. The van der Waals surface area contributed by atoms with Crippen molar-refractivity contribution in [3.8, 4) is 5.88 Å². The molecule has 3 heterocycles. The number of ether oxygens (including phenoxy) is 2. The van der Waals surface area contributed by atoms with E-state index in [0.717, 1.165) is 10.9 Å². The second kappa shape index (κ2) is 5.47. The van der Waals surface area contributed by atoms with Gasteiger partial charge in [0, 0.05) is 6.20 Å². The summed E-state index contributed by atoms with van der Waals surface area (Å²) in [7, 11) is 1.53. The Kier molecular flexibility index (Phi) is 3.77. The summed E-state index contributed by atoms with van der Waals surface area (Å²) in [5, 5.41) is 30.1. The molecule has 4 atom stereocenters. The fraction of sp³-hybridized carbons (Fsp3) is 0.571. The molecule has 1 fully saturated rings. The van der Waals surface area contributed by atoms with Crippen LogP contribution in [0.4, 0.5) is 0 Å². The molecule has 22 heavy (non-hydrogen) atoms. The van der Waals surface area contributed by atoms with Crippen LogP contribution in [-0.2, 0) is 4.74 Å². The molecule has 2 aromatic heterocycles. The Morgan fingerprint density at radius 2 is 2.00 bits per heavy atom. The van der Waals surface area contributed by atoms with Crippen molar-refractivity contribution in [2.75, 3.05) is 13.7 Å². The van der Waals surface area contributed by atoms with E-state index in [2.05, 4.69) is 9.97 Å². The van der Waals surface area contributed by atoms with Gasteiger partial charge < -0.3 is 29.4 Å². The third-order valence-electron chi connectivity index (χ3n) is 3.92. The topological polar surface area (TPSA) is 110 Å². The van der Waals surface area contributed by atoms with Crippen LogP contribution in [0.15, 0.2) is 6.20 Å². The van der Waals surface area contributed by atoms with Crippen molar-refractivity contribution in [1.82, 2.24) is 14.5 Å². The number of hydrogen-bond donors (Lipinski definition) is 3. The van der Waals surface area contributed by atoms with Crippen molar-refractivity contribution in [2.45, 2.75) is 38.4 Å². The van der Waals surface area contributed by atoms with Crippen molar-refractivity contribution in [1.29, 1.82) is 0 Å². The molecule has 0 amide bonds. The van der Waals surface area contributed by atoms with Gasteiger partial charge in [-0.1, -0.05) is 0 Å². The highest BCUT2D eigenvalue weighted by Crippen LogP contribution is 2.35. The smallest absolute Gasteiger partial charge is 0.226 e. The Morgan fingerprint density at radius 3 is 2.59 bits per heavy atom. The van der Waals surface area contributed by atoms with E-state index in [0.29, 0.717) is 17.4 Å². The predicted molar refractivity (Wildman–Crippen MR) is 76.6 cm³/mol. The first-order chi connectivity index (χ1) is 10.5.